The maximum Gasteiger partial charge on any atom is 0.191 e. The van der Waals surface area contributed by atoms with Gasteiger partial charge in [0.25, 0.3) is 0 Å². The summed E-state index contributed by atoms with van der Waals surface area (Å²) in [5, 5.41) is 0.782. The van der Waals surface area contributed by atoms with Crippen LogP contribution in [0.2, 0.25) is 5.02 Å². The number of halogens is 1. The van der Waals surface area contributed by atoms with Crippen LogP contribution >= 0.6 is 11.6 Å². The predicted molar refractivity (Wildman–Crippen MR) is 111 cm³/mol. The van der Waals surface area contributed by atoms with Crippen molar-refractivity contribution in [2.24, 2.45) is 16.6 Å². The molecule has 0 unspecified atom stereocenters. The van der Waals surface area contributed by atoms with Gasteiger partial charge >= 0.3 is 0 Å². The smallest absolute Gasteiger partial charge is 0.191 e. The molecule has 26 heavy (non-hydrogen) atoms. The van der Waals surface area contributed by atoms with E-state index in [2.05, 4.69) is 38.7 Å². The average molecular weight is 378 g/mol. The lowest BCUT2D eigenvalue weighted by Gasteiger charge is -2.36. The first-order chi connectivity index (χ1) is 12.7. The van der Waals surface area contributed by atoms with E-state index in [1.165, 1.54) is 44.6 Å². The van der Waals surface area contributed by atoms with Gasteiger partial charge in [-0.25, -0.2) is 0 Å². The molecule has 0 aromatic heterocycles. The number of rotatable bonds is 5. The van der Waals surface area contributed by atoms with Gasteiger partial charge < -0.3 is 20.4 Å². The van der Waals surface area contributed by atoms with Crippen molar-refractivity contribution in [2.75, 3.05) is 57.3 Å². The molecule has 2 fully saturated rings. The second-order valence-electron chi connectivity index (χ2n) is 7.36. The number of hydrogen-bond acceptors (Lipinski definition) is 3. The average Bonchev–Trinajstić information content (AvgIpc) is 2.69. The largest absolute Gasteiger partial charge is 0.370 e. The standard InChI is InChI=1S/C20H32ClN5/c1-2-24-11-8-17(9-12-24)7-10-23-20(22)26-15-13-25(14-16-26)19-5-3-18(21)4-6-19/h3-6,17H,2,7-16H2,1H3,(H2,22,23). The number of likely N-dealkylation sites (tertiary alicyclic amines) is 1. The van der Waals surface area contributed by atoms with E-state index in [1.807, 2.05) is 12.1 Å². The predicted octanol–water partition coefficient (Wildman–Crippen LogP) is 2.90. The molecule has 5 nitrogen and oxygen atoms in total. The van der Waals surface area contributed by atoms with Crippen molar-refractivity contribution in [3.63, 3.8) is 0 Å². The van der Waals surface area contributed by atoms with Crippen LogP contribution < -0.4 is 10.6 Å². The first-order valence-corrected chi connectivity index (χ1v) is 10.3. The molecule has 1 aromatic carbocycles. The Hall–Kier alpha value is -1.46. The second kappa shape index (κ2) is 9.47. The summed E-state index contributed by atoms with van der Waals surface area (Å²) in [6.07, 6.45) is 3.79. The van der Waals surface area contributed by atoms with Crippen molar-refractivity contribution < 1.29 is 0 Å². The number of piperidine rings is 1. The van der Waals surface area contributed by atoms with Crippen LogP contribution in [0, 0.1) is 5.92 Å². The normalized spacial score (nSPS) is 20.6. The highest BCUT2D eigenvalue weighted by Crippen LogP contribution is 2.21. The first kappa shape index (κ1) is 19.3. The van der Waals surface area contributed by atoms with Gasteiger partial charge in [0.1, 0.15) is 0 Å². The fourth-order valence-electron chi connectivity index (χ4n) is 3.90. The molecule has 2 N–H and O–H groups in total. The number of nitrogens with two attached hydrogens (primary N) is 1. The summed E-state index contributed by atoms with van der Waals surface area (Å²) in [5.74, 6) is 1.53. The highest BCUT2D eigenvalue weighted by Gasteiger charge is 2.20. The fraction of sp³-hybridized carbons (Fsp3) is 0.650. The quantitative estimate of drug-likeness (QED) is 0.633. The van der Waals surface area contributed by atoms with Crippen molar-refractivity contribution in [2.45, 2.75) is 26.2 Å². The van der Waals surface area contributed by atoms with Crippen LogP contribution in [0.3, 0.4) is 0 Å². The molecule has 2 saturated heterocycles. The molecule has 0 amide bonds. The van der Waals surface area contributed by atoms with Gasteiger partial charge in [0.2, 0.25) is 0 Å². The highest BCUT2D eigenvalue weighted by atomic mass is 35.5. The number of nitrogens with zero attached hydrogens (tertiary/aromatic N) is 4. The minimum Gasteiger partial charge on any atom is -0.370 e. The van der Waals surface area contributed by atoms with Gasteiger partial charge in [0, 0.05) is 43.4 Å². The van der Waals surface area contributed by atoms with Gasteiger partial charge in [0.15, 0.2) is 5.96 Å². The molecule has 0 spiro atoms. The lowest BCUT2D eigenvalue weighted by molar-refractivity contribution is 0.188. The molecule has 1 aromatic rings. The summed E-state index contributed by atoms with van der Waals surface area (Å²) in [7, 11) is 0. The Morgan fingerprint density at radius 3 is 2.35 bits per heavy atom. The van der Waals surface area contributed by atoms with E-state index in [9.17, 15) is 0 Å². The van der Waals surface area contributed by atoms with Gasteiger partial charge in [-0.05, 0) is 69.1 Å². The van der Waals surface area contributed by atoms with Crippen LogP contribution in [0.1, 0.15) is 26.2 Å². The fourth-order valence-corrected chi connectivity index (χ4v) is 4.02. The minimum absolute atomic E-state index is 0.715. The van der Waals surface area contributed by atoms with Crippen LogP contribution in [0.5, 0.6) is 0 Å². The second-order valence-corrected chi connectivity index (χ2v) is 7.79. The van der Waals surface area contributed by atoms with Gasteiger partial charge in [-0.3, -0.25) is 4.99 Å². The van der Waals surface area contributed by atoms with Crippen molar-refractivity contribution in [3.8, 4) is 0 Å². The molecule has 144 valence electrons. The number of benzene rings is 1. The van der Waals surface area contributed by atoms with E-state index in [0.717, 1.165) is 43.7 Å². The molecule has 6 heteroatoms. The Bertz CT molecular complexity index is 572. The molecule has 2 aliphatic heterocycles. The van der Waals surface area contributed by atoms with E-state index in [1.54, 1.807) is 0 Å². The molecular weight excluding hydrogens is 346 g/mol. The Balaban J connectivity index is 1.39. The van der Waals surface area contributed by atoms with E-state index in [0.29, 0.717) is 5.96 Å². The van der Waals surface area contributed by atoms with Gasteiger partial charge in [-0.1, -0.05) is 18.5 Å². The molecule has 3 rings (SSSR count). The summed E-state index contributed by atoms with van der Waals surface area (Å²) in [6.45, 7) is 10.6. The number of piperazine rings is 1. The van der Waals surface area contributed by atoms with Gasteiger partial charge in [-0.15, -0.1) is 0 Å². The zero-order valence-electron chi connectivity index (χ0n) is 15.9. The number of hydrogen-bond donors (Lipinski definition) is 1. The summed E-state index contributed by atoms with van der Waals surface area (Å²) < 4.78 is 0. The van der Waals surface area contributed by atoms with Crippen LogP contribution in [0.4, 0.5) is 5.69 Å². The first-order valence-electron chi connectivity index (χ1n) is 9.93. The molecule has 0 atom stereocenters. The van der Waals surface area contributed by atoms with Gasteiger partial charge in [0.05, 0.1) is 0 Å². The summed E-state index contributed by atoms with van der Waals surface area (Å²) in [4.78, 5) is 11.8. The number of guanidine groups is 1. The Morgan fingerprint density at radius 2 is 1.73 bits per heavy atom. The maximum absolute atomic E-state index is 6.24. The molecule has 0 saturated carbocycles. The van der Waals surface area contributed by atoms with E-state index >= 15 is 0 Å². The van der Waals surface area contributed by atoms with Crippen molar-refractivity contribution in [1.29, 1.82) is 0 Å². The topological polar surface area (TPSA) is 48.1 Å². The van der Waals surface area contributed by atoms with E-state index < -0.39 is 0 Å². The third-order valence-corrected chi connectivity index (χ3v) is 6.01. The number of anilines is 1. The molecule has 2 heterocycles. The summed E-state index contributed by atoms with van der Waals surface area (Å²) in [5.41, 5.74) is 7.47. The van der Waals surface area contributed by atoms with Crippen LogP contribution in [0.25, 0.3) is 0 Å². The monoisotopic (exact) mass is 377 g/mol. The van der Waals surface area contributed by atoms with Crippen molar-refractivity contribution >= 4 is 23.2 Å². The lowest BCUT2D eigenvalue weighted by atomic mass is 9.94. The van der Waals surface area contributed by atoms with Gasteiger partial charge in [-0.2, -0.15) is 0 Å². The third kappa shape index (κ3) is 5.27. The third-order valence-electron chi connectivity index (χ3n) is 5.76. The molecule has 0 aliphatic carbocycles. The molecular formula is C20H32ClN5. The highest BCUT2D eigenvalue weighted by molar-refractivity contribution is 6.30. The molecule has 0 radical (unpaired) electrons. The number of aliphatic imine (C=N–C) groups is 1. The Morgan fingerprint density at radius 1 is 1.08 bits per heavy atom. The van der Waals surface area contributed by atoms with Crippen molar-refractivity contribution in [1.82, 2.24) is 9.80 Å². The minimum atomic E-state index is 0.715. The van der Waals surface area contributed by atoms with Crippen LogP contribution in [-0.2, 0) is 0 Å². The Labute approximate surface area is 162 Å². The van der Waals surface area contributed by atoms with E-state index in [4.69, 9.17) is 17.3 Å². The SMILES string of the molecule is CCN1CCC(CCN=C(N)N2CCN(c3ccc(Cl)cc3)CC2)CC1. The maximum atomic E-state index is 6.24. The Kier molecular flexibility index (Phi) is 7.03. The van der Waals surface area contributed by atoms with E-state index in [-0.39, 0.29) is 0 Å². The zero-order valence-corrected chi connectivity index (χ0v) is 16.7. The van der Waals surface area contributed by atoms with Crippen LogP contribution in [-0.4, -0.2) is 68.1 Å². The lowest BCUT2D eigenvalue weighted by Crippen LogP contribution is -2.51. The zero-order chi connectivity index (χ0) is 18.4. The van der Waals surface area contributed by atoms with Crippen LogP contribution in [0.15, 0.2) is 29.3 Å². The van der Waals surface area contributed by atoms with Crippen molar-refractivity contribution in [3.05, 3.63) is 29.3 Å². The summed E-state index contributed by atoms with van der Waals surface area (Å²) in [6, 6.07) is 8.06. The summed E-state index contributed by atoms with van der Waals surface area (Å²) >= 11 is 5.97. The molecule has 0 bridgehead atoms. The molecule has 2 aliphatic rings.